The molecule has 0 unspecified atom stereocenters. The Morgan fingerprint density at radius 2 is 1.77 bits per heavy atom. The molecule has 31 heavy (non-hydrogen) atoms. The molecule has 0 spiro atoms. The zero-order valence-electron chi connectivity index (χ0n) is 17.0. The number of nitrogens with two attached hydrogens (primary N) is 1. The van der Waals surface area contributed by atoms with Gasteiger partial charge in [-0.1, -0.05) is 11.6 Å². The van der Waals surface area contributed by atoms with Crippen LogP contribution in [0.15, 0.2) is 30.3 Å². The molecule has 2 rings (SSSR count). The lowest BCUT2D eigenvalue weighted by Crippen LogP contribution is -2.20. The van der Waals surface area contributed by atoms with E-state index in [-0.39, 0.29) is 39.3 Å². The van der Waals surface area contributed by atoms with E-state index in [1.165, 1.54) is 51.5 Å². The smallest absolute Gasteiger partial charge is 0.255 e. The number of hydrogen-bond acceptors (Lipinski definition) is 7. The third-order valence-corrected chi connectivity index (χ3v) is 5.53. The lowest BCUT2D eigenvalue weighted by molar-refractivity contribution is -0.119. The highest BCUT2D eigenvalue weighted by Crippen LogP contribution is 2.37. The molecule has 0 saturated carbocycles. The molecule has 0 aliphatic rings. The van der Waals surface area contributed by atoms with Crippen LogP contribution in [0, 0.1) is 0 Å². The summed E-state index contributed by atoms with van der Waals surface area (Å²) in [7, 11) is -0.770. The van der Waals surface area contributed by atoms with E-state index in [1.54, 1.807) is 0 Å². The first-order valence-electron chi connectivity index (χ1n) is 8.88. The number of methoxy groups -OCH3 is 2. The highest BCUT2D eigenvalue weighted by molar-refractivity contribution is 7.92. The number of anilines is 2. The van der Waals surface area contributed by atoms with Gasteiger partial charge in [0.15, 0.2) is 18.1 Å². The predicted molar refractivity (Wildman–Crippen MR) is 117 cm³/mol. The molecule has 0 aliphatic heterocycles. The van der Waals surface area contributed by atoms with Gasteiger partial charge in [0.2, 0.25) is 10.0 Å². The maximum absolute atomic E-state index is 12.7. The van der Waals surface area contributed by atoms with Crippen LogP contribution < -0.4 is 30.0 Å². The average molecular weight is 472 g/mol. The van der Waals surface area contributed by atoms with E-state index >= 15 is 0 Å². The Bertz CT molecular complexity index is 1090. The van der Waals surface area contributed by atoms with Crippen molar-refractivity contribution >= 4 is 44.8 Å². The number of amides is 2. The number of sulfonamides is 1. The topological polar surface area (TPSA) is 146 Å². The van der Waals surface area contributed by atoms with Crippen molar-refractivity contribution < 1.29 is 32.2 Å². The molecule has 4 N–H and O–H groups in total. The summed E-state index contributed by atoms with van der Waals surface area (Å²) in [5, 5.41) is 2.71. The average Bonchev–Trinajstić information content (AvgIpc) is 2.72. The van der Waals surface area contributed by atoms with Crippen molar-refractivity contribution in [1.29, 1.82) is 0 Å². The molecule has 168 valence electrons. The van der Waals surface area contributed by atoms with E-state index in [4.69, 9.17) is 31.5 Å². The molecule has 2 aromatic rings. The molecule has 10 nitrogen and oxygen atoms in total. The first-order chi connectivity index (χ1) is 14.6. The van der Waals surface area contributed by atoms with Crippen molar-refractivity contribution in [2.45, 2.75) is 6.92 Å². The third kappa shape index (κ3) is 6.40. The molecule has 2 aromatic carbocycles. The lowest BCUT2D eigenvalue weighted by Gasteiger charge is -2.15. The molecular weight excluding hydrogens is 450 g/mol. The molecule has 0 fully saturated rings. The number of primary amides is 1. The van der Waals surface area contributed by atoms with Gasteiger partial charge < -0.3 is 25.3 Å². The SMILES string of the molecule is CCS(=O)(=O)Nc1ccc(NC(=O)c2cc(Cl)c(OCC(N)=O)c(OC)c2)cc1OC. The van der Waals surface area contributed by atoms with Gasteiger partial charge >= 0.3 is 0 Å². The Morgan fingerprint density at radius 1 is 1.10 bits per heavy atom. The summed E-state index contributed by atoms with van der Waals surface area (Å²) >= 11 is 6.17. The third-order valence-electron chi connectivity index (χ3n) is 3.96. The van der Waals surface area contributed by atoms with Gasteiger partial charge in [-0.15, -0.1) is 0 Å². The zero-order valence-corrected chi connectivity index (χ0v) is 18.6. The van der Waals surface area contributed by atoms with E-state index in [1.807, 2.05) is 0 Å². The number of nitrogens with one attached hydrogen (secondary N) is 2. The Morgan fingerprint density at radius 3 is 2.35 bits per heavy atom. The highest BCUT2D eigenvalue weighted by Gasteiger charge is 2.18. The van der Waals surface area contributed by atoms with Gasteiger partial charge in [0.05, 0.1) is 30.7 Å². The van der Waals surface area contributed by atoms with Crippen molar-refractivity contribution in [3.63, 3.8) is 0 Å². The largest absolute Gasteiger partial charge is 0.494 e. The van der Waals surface area contributed by atoms with Crippen LogP contribution in [0.2, 0.25) is 5.02 Å². The van der Waals surface area contributed by atoms with Crippen LogP contribution in [-0.2, 0) is 14.8 Å². The summed E-state index contributed by atoms with van der Waals surface area (Å²) in [5.74, 6) is -0.879. The fourth-order valence-electron chi connectivity index (χ4n) is 2.43. The van der Waals surface area contributed by atoms with Crippen molar-refractivity contribution in [2.75, 3.05) is 36.6 Å². The number of benzene rings is 2. The minimum Gasteiger partial charge on any atom is -0.494 e. The molecule has 0 bridgehead atoms. The normalized spacial score (nSPS) is 10.8. The van der Waals surface area contributed by atoms with Crippen LogP contribution in [0.1, 0.15) is 17.3 Å². The summed E-state index contributed by atoms with van der Waals surface area (Å²) in [4.78, 5) is 23.6. The molecule has 0 aromatic heterocycles. The van der Waals surface area contributed by atoms with Crippen LogP contribution in [0.3, 0.4) is 0 Å². The number of ether oxygens (including phenoxy) is 3. The van der Waals surface area contributed by atoms with Crippen LogP contribution in [0.4, 0.5) is 11.4 Å². The Labute approximate surface area is 184 Å². The first kappa shape index (κ1) is 24.1. The molecule has 0 heterocycles. The van der Waals surface area contributed by atoms with Crippen LogP contribution >= 0.6 is 11.6 Å². The second-order valence-corrected chi connectivity index (χ2v) is 8.54. The van der Waals surface area contributed by atoms with Gasteiger partial charge in [0.1, 0.15) is 5.75 Å². The number of halogens is 1. The fourth-order valence-corrected chi connectivity index (χ4v) is 3.34. The second kappa shape index (κ2) is 10.2. The Kier molecular flexibility index (Phi) is 7.95. The van der Waals surface area contributed by atoms with Gasteiger partial charge in [0, 0.05) is 17.3 Å². The summed E-state index contributed by atoms with van der Waals surface area (Å²) < 4.78 is 41.6. The van der Waals surface area contributed by atoms with Gasteiger partial charge in [0.25, 0.3) is 11.8 Å². The van der Waals surface area contributed by atoms with E-state index in [0.717, 1.165) is 0 Å². The Balaban J connectivity index is 2.26. The van der Waals surface area contributed by atoms with E-state index in [9.17, 15) is 18.0 Å². The minimum atomic E-state index is -3.50. The van der Waals surface area contributed by atoms with Gasteiger partial charge in [-0.3, -0.25) is 14.3 Å². The second-order valence-electron chi connectivity index (χ2n) is 6.12. The lowest BCUT2D eigenvalue weighted by atomic mass is 10.1. The summed E-state index contributed by atoms with van der Waals surface area (Å²) in [6.45, 7) is 1.10. The van der Waals surface area contributed by atoms with Gasteiger partial charge in [-0.2, -0.15) is 0 Å². The number of hydrogen-bond donors (Lipinski definition) is 3. The van der Waals surface area contributed by atoms with Gasteiger partial charge in [-0.25, -0.2) is 8.42 Å². The van der Waals surface area contributed by atoms with Crippen molar-refractivity contribution in [2.24, 2.45) is 5.73 Å². The van der Waals surface area contributed by atoms with Crippen molar-refractivity contribution in [3.05, 3.63) is 40.9 Å². The summed E-state index contributed by atoms with van der Waals surface area (Å²) in [6, 6.07) is 7.18. The molecule has 2 amide bonds. The summed E-state index contributed by atoms with van der Waals surface area (Å²) in [6.07, 6.45) is 0. The molecule has 12 heteroatoms. The predicted octanol–water partition coefficient (Wildman–Crippen LogP) is 2.24. The molecule has 0 aliphatic carbocycles. The quantitative estimate of drug-likeness (QED) is 0.481. The molecule has 0 saturated heterocycles. The standard InChI is InChI=1S/C19H22ClN3O7S/c1-4-31(26,27)23-14-6-5-12(9-15(14)28-2)22-19(25)11-7-13(20)18(16(8-11)29-3)30-10-17(21)24/h5-9,23H,4,10H2,1-3H3,(H2,21,24)(H,22,25). The van der Waals surface area contributed by atoms with Crippen LogP contribution in [0.5, 0.6) is 17.2 Å². The zero-order chi connectivity index (χ0) is 23.2. The fraction of sp³-hybridized carbons (Fsp3) is 0.263. The number of rotatable bonds is 10. The van der Waals surface area contributed by atoms with Crippen molar-refractivity contribution in [3.8, 4) is 17.2 Å². The number of carbonyl (C=O) groups excluding carboxylic acids is 2. The molecule has 0 radical (unpaired) electrons. The first-order valence-corrected chi connectivity index (χ1v) is 10.9. The van der Waals surface area contributed by atoms with Crippen LogP contribution in [-0.4, -0.2) is 46.8 Å². The summed E-state index contributed by atoms with van der Waals surface area (Å²) in [5.41, 5.74) is 5.81. The maximum atomic E-state index is 12.7. The molecular formula is C19H22ClN3O7S. The Hall–Kier alpha value is -3.18. The maximum Gasteiger partial charge on any atom is 0.255 e. The highest BCUT2D eigenvalue weighted by atomic mass is 35.5. The number of carbonyl (C=O) groups is 2. The van der Waals surface area contributed by atoms with E-state index < -0.39 is 28.4 Å². The van der Waals surface area contributed by atoms with Crippen molar-refractivity contribution in [1.82, 2.24) is 0 Å². The minimum absolute atomic E-state index is 0.0488. The van der Waals surface area contributed by atoms with Crippen LogP contribution in [0.25, 0.3) is 0 Å². The van der Waals surface area contributed by atoms with E-state index in [0.29, 0.717) is 5.69 Å². The van der Waals surface area contributed by atoms with Gasteiger partial charge in [-0.05, 0) is 31.2 Å². The van der Waals surface area contributed by atoms with E-state index in [2.05, 4.69) is 10.0 Å². The monoisotopic (exact) mass is 471 g/mol. The molecule has 0 atom stereocenters.